The predicted octanol–water partition coefficient (Wildman–Crippen LogP) is 2.76. The fourth-order valence-corrected chi connectivity index (χ4v) is 3.66. The van der Waals surface area contributed by atoms with Crippen LogP contribution in [0.5, 0.6) is 5.75 Å². The maximum Gasteiger partial charge on any atom is 0.406 e. The van der Waals surface area contributed by atoms with E-state index >= 15 is 0 Å². The first-order valence-corrected chi connectivity index (χ1v) is 7.50. The van der Waals surface area contributed by atoms with Crippen molar-refractivity contribution in [2.24, 2.45) is 5.41 Å². The topological polar surface area (TPSA) is 85.5 Å². The molecule has 21 heavy (non-hydrogen) atoms. The smallest absolute Gasteiger partial charge is 0.406 e. The van der Waals surface area contributed by atoms with Crippen molar-refractivity contribution in [2.75, 3.05) is 0 Å². The summed E-state index contributed by atoms with van der Waals surface area (Å²) in [5.74, 6) is -0.0187. The summed E-state index contributed by atoms with van der Waals surface area (Å²) in [6.45, 7) is 1.71. The van der Waals surface area contributed by atoms with Gasteiger partial charge >= 0.3 is 5.82 Å². The summed E-state index contributed by atoms with van der Waals surface area (Å²) in [5.41, 5.74) is 0.381. The van der Waals surface area contributed by atoms with Crippen LogP contribution in [0.2, 0.25) is 0 Å². The third-order valence-corrected chi connectivity index (χ3v) is 4.95. The van der Waals surface area contributed by atoms with Crippen LogP contribution in [0.1, 0.15) is 44.2 Å². The molecule has 2 atom stereocenters. The van der Waals surface area contributed by atoms with Crippen molar-refractivity contribution in [2.45, 2.75) is 57.7 Å². The van der Waals surface area contributed by atoms with Crippen molar-refractivity contribution in [1.82, 2.24) is 4.98 Å². The summed E-state index contributed by atoms with van der Waals surface area (Å²) in [4.78, 5) is 14.5. The number of nitrogens with zero attached hydrogens (tertiary/aromatic N) is 2. The van der Waals surface area contributed by atoms with E-state index in [-0.39, 0.29) is 29.2 Å². The monoisotopic (exact) mass is 292 g/mol. The zero-order chi connectivity index (χ0) is 15.0. The van der Waals surface area contributed by atoms with Gasteiger partial charge in [-0.2, -0.15) is 0 Å². The van der Waals surface area contributed by atoms with Crippen LogP contribution in [0.3, 0.4) is 0 Å². The van der Waals surface area contributed by atoms with Gasteiger partial charge in [-0.1, -0.05) is 19.3 Å². The average molecular weight is 292 g/mol. The van der Waals surface area contributed by atoms with Gasteiger partial charge in [0.05, 0.1) is 6.10 Å². The normalized spacial score (nSPS) is 27.1. The van der Waals surface area contributed by atoms with Gasteiger partial charge in [0.2, 0.25) is 5.75 Å². The number of aryl methyl sites for hydroxylation is 1. The largest absolute Gasteiger partial charge is 0.482 e. The van der Waals surface area contributed by atoms with Crippen LogP contribution < -0.4 is 4.74 Å². The highest BCUT2D eigenvalue weighted by Crippen LogP contribution is 2.53. The number of aromatic nitrogens is 1. The Balaban J connectivity index is 1.82. The van der Waals surface area contributed by atoms with E-state index in [9.17, 15) is 15.2 Å². The van der Waals surface area contributed by atoms with Crippen LogP contribution >= 0.6 is 0 Å². The maximum absolute atomic E-state index is 11.1. The number of hydrogen-bond donors (Lipinski definition) is 1. The van der Waals surface area contributed by atoms with Gasteiger partial charge < -0.3 is 20.0 Å². The Morgan fingerprint density at radius 2 is 2.10 bits per heavy atom. The van der Waals surface area contributed by atoms with E-state index in [1.54, 1.807) is 19.1 Å². The van der Waals surface area contributed by atoms with Crippen LogP contribution in [-0.4, -0.2) is 27.2 Å². The van der Waals surface area contributed by atoms with Gasteiger partial charge in [0, 0.05) is 18.8 Å². The number of aliphatic hydroxyl groups excluding tert-OH is 1. The molecule has 6 heteroatoms. The van der Waals surface area contributed by atoms with Gasteiger partial charge in [0.1, 0.15) is 11.8 Å². The molecule has 0 amide bonds. The maximum atomic E-state index is 11.1. The summed E-state index contributed by atoms with van der Waals surface area (Å²) in [5, 5.41) is 21.3. The second-order valence-electron chi connectivity index (χ2n) is 6.18. The van der Waals surface area contributed by atoms with E-state index in [0.29, 0.717) is 12.1 Å². The second-order valence-corrected chi connectivity index (χ2v) is 6.18. The van der Waals surface area contributed by atoms with E-state index < -0.39 is 4.92 Å². The number of hydrogen-bond acceptors (Lipinski definition) is 5. The number of nitro groups is 1. The van der Waals surface area contributed by atoms with Crippen LogP contribution in [0.4, 0.5) is 5.82 Å². The van der Waals surface area contributed by atoms with Crippen LogP contribution in [0.25, 0.3) is 0 Å². The lowest BCUT2D eigenvalue weighted by molar-refractivity contribution is -0.391. The van der Waals surface area contributed by atoms with Crippen LogP contribution in [0.15, 0.2) is 12.1 Å². The van der Waals surface area contributed by atoms with Crippen LogP contribution in [-0.2, 0) is 0 Å². The minimum Gasteiger partial charge on any atom is -0.482 e. The Morgan fingerprint density at radius 1 is 1.38 bits per heavy atom. The number of rotatable bonds is 3. The summed E-state index contributed by atoms with van der Waals surface area (Å²) >= 11 is 0. The third-order valence-electron chi connectivity index (χ3n) is 4.95. The van der Waals surface area contributed by atoms with Crippen LogP contribution in [0, 0.1) is 22.5 Å². The number of aliphatic hydroxyl groups is 1. The van der Waals surface area contributed by atoms with Crippen molar-refractivity contribution in [3.8, 4) is 5.75 Å². The molecule has 3 rings (SSSR count). The summed E-state index contributed by atoms with van der Waals surface area (Å²) in [7, 11) is 0. The Bertz CT molecular complexity index is 555. The highest BCUT2D eigenvalue weighted by atomic mass is 16.6. The molecule has 0 bridgehead atoms. The Kier molecular flexibility index (Phi) is 3.57. The Morgan fingerprint density at radius 3 is 2.71 bits per heavy atom. The fourth-order valence-electron chi connectivity index (χ4n) is 3.66. The molecule has 2 aliphatic rings. The van der Waals surface area contributed by atoms with Gasteiger partial charge in [-0.25, -0.2) is 0 Å². The molecule has 1 aromatic rings. The van der Waals surface area contributed by atoms with Gasteiger partial charge in [-0.15, -0.1) is 0 Å². The van der Waals surface area contributed by atoms with E-state index in [2.05, 4.69) is 4.98 Å². The molecule has 2 fully saturated rings. The van der Waals surface area contributed by atoms with E-state index in [1.807, 2.05) is 0 Å². The van der Waals surface area contributed by atoms with Gasteiger partial charge in [0.15, 0.2) is 0 Å². The first kappa shape index (κ1) is 14.3. The SMILES string of the molecule is Cc1ccc(OC2CC(O)C23CCCCC3)c([N+](=O)[O-])n1. The Hall–Kier alpha value is -1.69. The van der Waals surface area contributed by atoms with E-state index in [1.165, 1.54) is 6.42 Å². The molecule has 1 aromatic heterocycles. The highest BCUT2D eigenvalue weighted by molar-refractivity contribution is 5.40. The highest BCUT2D eigenvalue weighted by Gasteiger charge is 2.56. The molecular formula is C15H20N2O4. The summed E-state index contributed by atoms with van der Waals surface area (Å²) < 4.78 is 5.90. The van der Waals surface area contributed by atoms with Crippen molar-refractivity contribution in [1.29, 1.82) is 0 Å². The quantitative estimate of drug-likeness (QED) is 0.684. The lowest BCUT2D eigenvalue weighted by atomic mass is 9.56. The molecule has 6 nitrogen and oxygen atoms in total. The molecule has 0 aliphatic heterocycles. The fraction of sp³-hybridized carbons (Fsp3) is 0.667. The van der Waals surface area contributed by atoms with Gasteiger partial charge in [0.25, 0.3) is 0 Å². The molecule has 0 saturated heterocycles. The molecule has 114 valence electrons. The number of ether oxygens (including phenoxy) is 1. The molecule has 0 radical (unpaired) electrons. The molecule has 2 saturated carbocycles. The lowest BCUT2D eigenvalue weighted by Gasteiger charge is -2.54. The van der Waals surface area contributed by atoms with Crippen molar-refractivity contribution >= 4 is 5.82 Å². The molecule has 1 spiro atoms. The molecule has 1 N–H and O–H groups in total. The minimum atomic E-state index is -0.509. The van der Waals surface area contributed by atoms with Gasteiger partial charge in [-0.3, -0.25) is 0 Å². The second kappa shape index (κ2) is 5.26. The van der Waals surface area contributed by atoms with E-state index in [0.717, 1.165) is 25.7 Å². The third kappa shape index (κ3) is 2.37. The van der Waals surface area contributed by atoms with E-state index in [4.69, 9.17) is 4.74 Å². The number of pyridine rings is 1. The minimum absolute atomic E-state index is 0.143. The standard InChI is InChI=1S/C15H20N2O4/c1-10-5-6-11(14(16-10)17(19)20)21-13-9-12(18)15(13)7-3-2-4-8-15/h5-6,12-13,18H,2-4,7-9H2,1H3. The first-order valence-electron chi connectivity index (χ1n) is 7.50. The predicted molar refractivity (Wildman–Crippen MR) is 76.2 cm³/mol. The molecular weight excluding hydrogens is 272 g/mol. The Labute approximate surface area is 123 Å². The van der Waals surface area contributed by atoms with Gasteiger partial charge in [-0.05, 0) is 34.9 Å². The molecule has 0 aromatic carbocycles. The van der Waals surface area contributed by atoms with Crippen molar-refractivity contribution in [3.05, 3.63) is 27.9 Å². The molecule has 2 aliphatic carbocycles. The first-order chi connectivity index (χ1) is 10.0. The zero-order valence-electron chi connectivity index (χ0n) is 12.1. The summed E-state index contributed by atoms with van der Waals surface area (Å²) in [6, 6.07) is 3.33. The molecule has 2 unspecified atom stereocenters. The lowest BCUT2D eigenvalue weighted by Crippen LogP contribution is -2.60. The van der Waals surface area contributed by atoms with Crippen molar-refractivity contribution < 1.29 is 14.8 Å². The summed E-state index contributed by atoms with van der Waals surface area (Å²) in [6.07, 6.45) is 5.29. The average Bonchev–Trinajstić information content (AvgIpc) is 2.49. The molecule has 1 heterocycles. The van der Waals surface area contributed by atoms with Crippen molar-refractivity contribution in [3.63, 3.8) is 0 Å². The zero-order valence-corrected chi connectivity index (χ0v) is 12.1.